The molecule has 3 nitrogen and oxygen atoms in total. The Balaban J connectivity index is 2.22. The van der Waals surface area contributed by atoms with E-state index >= 15 is 0 Å². The average molecular weight is 254 g/mol. The van der Waals surface area contributed by atoms with Crippen LogP contribution in [0.2, 0.25) is 0 Å². The number of aliphatic imine (C=N–C) groups is 1. The Labute approximate surface area is 105 Å². The molecule has 1 atom stereocenters. The van der Waals surface area contributed by atoms with E-state index < -0.39 is 11.6 Å². The fourth-order valence-corrected chi connectivity index (χ4v) is 1.91. The van der Waals surface area contributed by atoms with E-state index in [4.69, 9.17) is 4.74 Å². The van der Waals surface area contributed by atoms with Crippen LogP contribution in [0.4, 0.5) is 8.78 Å². The number of ether oxygens (including phenoxy) is 1. The highest BCUT2D eigenvalue weighted by molar-refractivity contribution is 5.93. The lowest BCUT2D eigenvalue weighted by atomic mass is 9.97. The highest BCUT2D eigenvalue weighted by atomic mass is 19.1. The second kappa shape index (κ2) is 5.00. The predicted octanol–water partition coefficient (Wildman–Crippen LogP) is 3.09. The molecule has 0 radical (unpaired) electrons. The minimum absolute atomic E-state index is 0.0170. The fourth-order valence-electron chi connectivity index (χ4n) is 1.91. The van der Waals surface area contributed by atoms with Gasteiger partial charge in [0.1, 0.15) is 12.4 Å². The van der Waals surface area contributed by atoms with E-state index in [2.05, 4.69) is 16.9 Å². The van der Waals surface area contributed by atoms with E-state index in [1.807, 2.05) is 6.92 Å². The van der Waals surface area contributed by atoms with Crippen molar-refractivity contribution in [2.45, 2.75) is 38.6 Å². The number of unbranched alkanes of at least 4 members (excludes halogenated alkanes) is 1. The molecule has 0 aliphatic carbocycles. The number of hydrogen-bond acceptors (Lipinski definition) is 3. The maximum Gasteiger partial charge on any atom is 0.239 e. The third kappa shape index (κ3) is 2.66. The summed E-state index contributed by atoms with van der Waals surface area (Å²) in [4.78, 5) is 8.09. The van der Waals surface area contributed by atoms with E-state index in [1.165, 1.54) is 0 Å². The first-order valence-electron chi connectivity index (χ1n) is 6.08. The van der Waals surface area contributed by atoms with Crippen LogP contribution in [0.25, 0.3) is 0 Å². The summed E-state index contributed by atoms with van der Waals surface area (Å²) in [5.74, 6) is -1.27. The lowest BCUT2D eigenvalue weighted by molar-refractivity contribution is 0.254. The molecule has 5 heteroatoms. The summed E-state index contributed by atoms with van der Waals surface area (Å²) in [6.45, 7) is 4.49. The monoisotopic (exact) mass is 254 g/mol. The third-order valence-corrected chi connectivity index (χ3v) is 2.97. The number of hydrogen-bond donors (Lipinski definition) is 0. The van der Waals surface area contributed by atoms with Gasteiger partial charge in [-0.15, -0.1) is 0 Å². The van der Waals surface area contributed by atoms with Gasteiger partial charge in [0.2, 0.25) is 5.90 Å². The molecule has 1 unspecified atom stereocenters. The van der Waals surface area contributed by atoms with Crippen molar-refractivity contribution in [1.29, 1.82) is 0 Å². The largest absolute Gasteiger partial charge is 0.474 e. The van der Waals surface area contributed by atoms with Gasteiger partial charge in [0, 0.05) is 6.07 Å². The topological polar surface area (TPSA) is 34.5 Å². The molecule has 98 valence electrons. The van der Waals surface area contributed by atoms with Crippen LogP contribution in [0.3, 0.4) is 0 Å². The number of nitrogens with zero attached hydrogens (tertiary/aromatic N) is 2. The van der Waals surface area contributed by atoms with Crippen molar-refractivity contribution in [3.05, 3.63) is 29.6 Å². The molecule has 1 aromatic rings. The summed E-state index contributed by atoms with van der Waals surface area (Å²) in [5.41, 5.74) is -0.343. The Bertz CT molecular complexity index is 476. The molecule has 1 aromatic heterocycles. The van der Waals surface area contributed by atoms with Crippen molar-refractivity contribution in [3.63, 3.8) is 0 Å². The number of rotatable bonds is 4. The third-order valence-electron chi connectivity index (χ3n) is 2.97. The van der Waals surface area contributed by atoms with Crippen LogP contribution in [0.5, 0.6) is 0 Å². The molecular weight excluding hydrogens is 238 g/mol. The second-order valence-electron chi connectivity index (χ2n) is 4.79. The molecule has 2 rings (SSSR count). The summed E-state index contributed by atoms with van der Waals surface area (Å²) >= 11 is 0. The first kappa shape index (κ1) is 12.9. The van der Waals surface area contributed by atoms with Gasteiger partial charge in [-0.05, 0) is 13.3 Å². The molecule has 1 aliphatic rings. The zero-order valence-electron chi connectivity index (χ0n) is 10.5. The van der Waals surface area contributed by atoms with Crippen molar-refractivity contribution in [1.82, 2.24) is 4.98 Å². The molecule has 0 bridgehead atoms. The maximum atomic E-state index is 13.5. The average Bonchev–Trinajstić information content (AvgIpc) is 2.70. The number of aromatic nitrogens is 1. The van der Waals surface area contributed by atoms with Crippen molar-refractivity contribution in [2.24, 2.45) is 4.99 Å². The van der Waals surface area contributed by atoms with Crippen LogP contribution in [0, 0.1) is 11.6 Å². The highest BCUT2D eigenvalue weighted by Crippen LogP contribution is 2.26. The summed E-state index contributed by atoms with van der Waals surface area (Å²) in [6.07, 6.45) is 3.96. The van der Waals surface area contributed by atoms with E-state index in [1.54, 1.807) is 0 Å². The molecule has 0 saturated carbocycles. The van der Waals surface area contributed by atoms with Crippen molar-refractivity contribution in [2.75, 3.05) is 6.61 Å². The summed E-state index contributed by atoms with van der Waals surface area (Å²) in [6, 6.07) is 0.788. The van der Waals surface area contributed by atoms with E-state index in [-0.39, 0.29) is 17.1 Å². The first-order valence-corrected chi connectivity index (χ1v) is 6.08. The van der Waals surface area contributed by atoms with Crippen LogP contribution in [0.1, 0.15) is 38.8 Å². The van der Waals surface area contributed by atoms with Gasteiger partial charge in [0.15, 0.2) is 11.5 Å². The molecule has 0 saturated heterocycles. The van der Waals surface area contributed by atoms with Crippen molar-refractivity contribution < 1.29 is 13.5 Å². The van der Waals surface area contributed by atoms with E-state index in [0.717, 1.165) is 31.5 Å². The summed E-state index contributed by atoms with van der Waals surface area (Å²) < 4.78 is 31.7. The van der Waals surface area contributed by atoms with Gasteiger partial charge in [-0.2, -0.15) is 0 Å². The Morgan fingerprint density at radius 3 is 2.89 bits per heavy atom. The summed E-state index contributed by atoms with van der Waals surface area (Å²) in [5, 5.41) is 0. The van der Waals surface area contributed by atoms with Gasteiger partial charge in [-0.1, -0.05) is 19.8 Å². The van der Waals surface area contributed by atoms with Gasteiger partial charge in [-0.25, -0.2) is 18.8 Å². The quantitative estimate of drug-likeness (QED) is 0.827. The molecule has 1 aliphatic heterocycles. The van der Waals surface area contributed by atoms with Gasteiger partial charge < -0.3 is 4.74 Å². The van der Waals surface area contributed by atoms with Gasteiger partial charge in [-0.3, -0.25) is 0 Å². The molecule has 18 heavy (non-hydrogen) atoms. The maximum absolute atomic E-state index is 13.5. The molecule has 0 N–H and O–H groups in total. The Kier molecular flexibility index (Phi) is 3.59. The zero-order valence-corrected chi connectivity index (χ0v) is 10.5. The molecule has 2 heterocycles. The molecule has 0 aromatic carbocycles. The first-order chi connectivity index (χ1) is 8.54. The molecular formula is C13H16F2N2O. The van der Waals surface area contributed by atoms with Gasteiger partial charge >= 0.3 is 0 Å². The highest BCUT2D eigenvalue weighted by Gasteiger charge is 2.33. The van der Waals surface area contributed by atoms with Crippen LogP contribution >= 0.6 is 0 Å². The standard InChI is InChI=1S/C13H16F2N2O/c1-3-4-5-13(2)8-18-12(17-13)11-10(15)6-9(14)7-16-11/h6-7H,3-5,8H2,1-2H3. The van der Waals surface area contributed by atoms with E-state index in [0.29, 0.717) is 6.61 Å². The number of pyridine rings is 1. The Morgan fingerprint density at radius 2 is 2.22 bits per heavy atom. The van der Waals surface area contributed by atoms with Gasteiger partial charge in [0.25, 0.3) is 0 Å². The Hall–Kier alpha value is -1.52. The normalized spacial score (nSPS) is 22.8. The smallest absolute Gasteiger partial charge is 0.239 e. The van der Waals surface area contributed by atoms with Crippen molar-refractivity contribution >= 4 is 5.90 Å². The van der Waals surface area contributed by atoms with Crippen LogP contribution in [0.15, 0.2) is 17.3 Å². The fraction of sp³-hybridized carbons (Fsp3) is 0.538. The SMILES string of the molecule is CCCCC1(C)COC(c2ncc(F)cc2F)=N1. The second-order valence-corrected chi connectivity index (χ2v) is 4.79. The van der Waals surface area contributed by atoms with Crippen molar-refractivity contribution in [3.8, 4) is 0 Å². The lowest BCUT2D eigenvalue weighted by Crippen LogP contribution is -2.23. The molecule has 0 fully saturated rings. The van der Waals surface area contributed by atoms with Crippen LogP contribution in [-0.2, 0) is 4.74 Å². The minimum atomic E-state index is -0.742. The van der Waals surface area contributed by atoms with Crippen LogP contribution in [-0.4, -0.2) is 23.0 Å². The number of halogens is 2. The van der Waals surface area contributed by atoms with Gasteiger partial charge in [0.05, 0.1) is 11.7 Å². The predicted molar refractivity (Wildman–Crippen MR) is 64.6 cm³/mol. The minimum Gasteiger partial charge on any atom is -0.474 e. The Morgan fingerprint density at radius 1 is 1.44 bits per heavy atom. The zero-order chi connectivity index (χ0) is 13.2. The molecule has 0 amide bonds. The molecule has 0 spiro atoms. The summed E-state index contributed by atoms with van der Waals surface area (Å²) in [7, 11) is 0. The van der Waals surface area contributed by atoms with Crippen LogP contribution < -0.4 is 0 Å². The lowest BCUT2D eigenvalue weighted by Gasteiger charge is -2.16. The van der Waals surface area contributed by atoms with E-state index in [9.17, 15) is 8.78 Å².